The molecule has 0 radical (unpaired) electrons. The van der Waals surface area contributed by atoms with E-state index in [1.165, 1.54) is 0 Å². The second kappa shape index (κ2) is 2.07. The fraction of sp³-hybridized carbons (Fsp3) is 0.889. The van der Waals surface area contributed by atoms with Crippen molar-refractivity contribution in [1.82, 2.24) is 0 Å². The highest BCUT2D eigenvalue weighted by molar-refractivity contribution is 5.78. The van der Waals surface area contributed by atoms with E-state index in [-0.39, 0.29) is 11.5 Å². The van der Waals surface area contributed by atoms with Crippen molar-refractivity contribution in [1.29, 1.82) is 0 Å². The Hall–Kier alpha value is -0.370. The van der Waals surface area contributed by atoms with Crippen LogP contribution >= 0.6 is 0 Å². The number of epoxide rings is 1. The summed E-state index contributed by atoms with van der Waals surface area (Å²) in [7, 11) is 0. The van der Waals surface area contributed by atoms with Crippen LogP contribution in [0.4, 0.5) is 0 Å². The molecule has 0 bridgehead atoms. The van der Waals surface area contributed by atoms with Crippen LogP contribution < -0.4 is 0 Å². The van der Waals surface area contributed by atoms with Gasteiger partial charge in [0.25, 0.3) is 0 Å². The van der Waals surface area contributed by atoms with E-state index in [1.807, 2.05) is 0 Å². The summed E-state index contributed by atoms with van der Waals surface area (Å²) in [6, 6.07) is 0. The summed E-state index contributed by atoms with van der Waals surface area (Å²) in [5.41, 5.74) is 0.159. The fourth-order valence-corrected chi connectivity index (χ4v) is 2.01. The summed E-state index contributed by atoms with van der Waals surface area (Å²) < 4.78 is 5.49. The summed E-state index contributed by atoms with van der Waals surface area (Å²) in [5.74, 6) is 0.623. The van der Waals surface area contributed by atoms with Crippen molar-refractivity contribution in [2.75, 3.05) is 0 Å². The first-order chi connectivity index (χ1) is 5.12. The molecule has 2 rings (SSSR count). The molecule has 11 heavy (non-hydrogen) atoms. The van der Waals surface area contributed by atoms with Crippen molar-refractivity contribution in [2.45, 2.75) is 44.8 Å². The van der Waals surface area contributed by atoms with Gasteiger partial charge >= 0.3 is 0 Å². The van der Waals surface area contributed by atoms with Crippen LogP contribution in [0.2, 0.25) is 0 Å². The molecule has 1 aliphatic heterocycles. The molecule has 1 saturated heterocycles. The summed E-state index contributed by atoms with van der Waals surface area (Å²) in [5, 5.41) is 0. The van der Waals surface area contributed by atoms with Crippen molar-refractivity contribution < 1.29 is 9.53 Å². The minimum atomic E-state index is 0.159. The highest BCUT2D eigenvalue weighted by Crippen LogP contribution is 2.49. The van der Waals surface area contributed by atoms with Crippen LogP contribution in [-0.2, 0) is 9.53 Å². The first kappa shape index (κ1) is 7.29. The van der Waals surface area contributed by atoms with Gasteiger partial charge in [-0.1, -0.05) is 0 Å². The second-order valence-corrected chi connectivity index (χ2v) is 4.00. The number of Topliss-reactive ketones (excluding diaryl/α,β-unsaturated/α-hetero) is 1. The van der Waals surface area contributed by atoms with E-state index >= 15 is 0 Å². The lowest BCUT2D eigenvalue weighted by Crippen LogP contribution is -2.25. The largest absolute Gasteiger partial charge is 0.366 e. The number of ketones is 1. The number of carbonyl (C=O) groups is 1. The predicted molar refractivity (Wildman–Crippen MR) is 41.3 cm³/mol. The Morgan fingerprint density at radius 1 is 1.64 bits per heavy atom. The third-order valence-corrected chi connectivity index (χ3v) is 3.10. The Bertz CT molecular complexity index is 200. The topological polar surface area (TPSA) is 29.6 Å². The molecule has 1 heterocycles. The van der Waals surface area contributed by atoms with E-state index in [1.54, 1.807) is 6.92 Å². The van der Waals surface area contributed by atoms with Gasteiger partial charge in [0.2, 0.25) is 0 Å². The molecule has 0 spiro atoms. The Kier molecular flexibility index (Phi) is 1.37. The van der Waals surface area contributed by atoms with Crippen LogP contribution in [0.3, 0.4) is 0 Å². The summed E-state index contributed by atoms with van der Waals surface area (Å²) in [6.07, 6.45) is 3.46. The summed E-state index contributed by atoms with van der Waals surface area (Å²) >= 11 is 0. The van der Waals surface area contributed by atoms with Crippen molar-refractivity contribution in [3.63, 3.8) is 0 Å². The van der Waals surface area contributed by atoms with E-state index in [0.717, 1.165) is 19.3 Å². The van der Waals surface area contributed by atoms with Crippen molar-refractivity contribution >= 4 is 5.78 Å². The van der Waals surface area contributed by atoms with Gasteiger partial charge < -0.3 is 4.74 Å². The zero-order chi connectivity index (χ0) is 8.06. The molecule has 0 aromatic carbocycles. The van der Waals surface area contributed by atoms with Crippen LogP contribution in [0.1, 0.15) is 33.1 Å². The molecular weight excluding hydrogens is 140 g/mol. The fourth-order valence-electron chi connectivity index (χ4n) is 2.01. The molecule has 1 saturated carbocycles. The quantitative estimate of drug-likeness (QED) is 0.536. The maximum atomic E-state index is 11.0. The Morgan fingerprint density at radius 2 is 2.36 bits per heavy atom. The lowest BCUT2D eigenvalue weighted by Gasteiger charge is -2.19. The van der Waals surface area contributed by atoms with Gasteiger partial charge in [-0.05, 0) is 33.1 Å². The molecule has 0 N–H and O–H groups in total. The number of rotatable bonds is 1. The number of carbonyl (C=O) groups excluding carboxylic acids is 1. The van der Waals surface area contributed by atoms with Gasteiger partial charge in [-0.3, -0.25) is 4.79 Å². The Balaban J connectivity index is 1.98. The van der Waals surface area contributed by atoms with Crippen LogP contribution in [0.15, 0.2) is 0 Å². The third-order valence-electron chi connectivity index (χ3n) is 3.10. The number of hydrogen-bond donors (Lipinski definition) is 0. The highest BCUT2D eigenvalue weighted by Gasteiger charge is 2.55. The standard InChI is InChI=1S/C9H14O2/c1-6(10)7-3-4-9(2)8(5-7)11-9/h7-8H,3-5H2,1-2H3/t7-,8-,9?/m0/s1. The van der Waals surface area contributed by atoms with Crippen molar-refractivity contribution in [3.8, 4) is 0 Å². The van der Waals surface area contributed by atoms with Crippen LogP contribution in [0.5, 0.6) is 0 Å². The number of ether oxygens (including phenoxy) is 1. The summed E-state index contributed by atoms with van der Waals surface area (Å²) in [6.45, 7) is 3.84. The molecule has 0 aromatic rings. The predicted octanol–water partition coefficient (Wildman–Crippen LogP) is 1.53. The maximum absolute atomic E-state index is 11.0. The molecular formula is C9H14O2. The molecule has 1 unspecified atom stereocenters. The third kappa shape index (κ3) is 1.09. The monoisotopic (exact) mass is 154 g/mol. The van der Waals surface area contributed by atoms with E-state index in [4.69, 9.17) is 4.74 Å². The Morgan fingerprint density at radius 3 is 2.91 bits per heavy atom. The van der Waals surface area contributed by atoms with Gasteiger partial charge in [0.15, 0.2) is 0 Å². The lowest BCUT2D eigenvalue weighted by atomic mass is 9.81. The van der Waals surface area contributed by atoms with Gasteiger partial charge in [-0.15, -0.1) is 0 Å². The van der Waals surface area contributed by atoms with Gasteiger partial charge in [-0.2, -0.15) is 0 Å². The average molecular weight is 154 g/mol. The van der Waals surface area contributed by atoms with Crippen molar-refractivity contribution in [3.05, 3.63) is 0 Å². The minimum Gasteiger partial charge on any atom is -0.366 e. The number of hydrogen-bond acceptors (Lipinski definition) is 2. The SMILES string of the molecule is CC(=O)[C@H]1CCC2(C)O[C@H]2C1. The summed E-state index contributed by atoms with van der Waals surface area (Å²) in [4.78, 5) is 11.0. The van der Waals surface area contributed by atoms with E-state index in [9.17, 15) is 4.79 Å². The molecule has 2 fully saturated rings. The highest BCUT2D eigenvalue weighted by atomic mass is 16.6. The van der Waals surface area contributed by atoms with Gasteiger partial charge in [0.1, 0.15) is 5.78 Å². The van der Waals surface area contributed by atoms with E-state index < -0.39 is 0 Å². The van der Waals surface area contributed by atoms with E-state index in [0.29, 0.717) is 11.9 Å². The molecule has 1 aliphatic carbocycles. The molecule has 2 aliphatic rings. The smallest absolute Gasteiger partial charge is 0.133 e. The zero-order valence-electron chi connectivity index (χ0n) is 7.09. The maximum Gasteiger partial charge on any atom is 0.133 e. The molecule has 2 heteroatoms. The lowest BCUT2D eigenvalue weighted by molar-refractivity contribution is -0.121. The minimum absolute atomic E-state index is 0.159. The van der Waals surface area contributed by atoms with Crippen LogP contribution in [-0.4, -0.2) is 17.5 Å². The average Bonchev–Trinajstić information content (AvgIpc) is 2.58. The number of fused-ring (bicyclic) bond motifs is 1. The first-order valence-corrected chi connectivity index (χ1v) is 4.30. The first-order valence-electron chi connectivity index (χ1n) is 4.30. The molecule has 2 nitrogen and oxygen atoms in total. The zero-order valence-corrected chi connectivity index (χ0v) is 7.09. The van der Waals surface area contributed by atoms with Gasteiger partial charge in [0.05, 0.1) is 11.7 Å². The molecule has 62 valence electrons. The molecule has 3 atom stereocenters. The van der Waals surface area contributed by atoms with Gasteiger partial charge in [-0.25, -0.2) is 0 Å². The molecule has 0 amide bonds. The second-order valence-electron chi connectivity index (χ2n) is 4.00. The normalized spacial score (nSPS) is 48.2. The Labute approximate surface area is 66.9 Å². The van der Waals surface area contributed by atoms with Crippen molar-refractivity contribution in [2.24, 2.45) is 5.92 Å². The van der Waals surface area contributed by atoms with Gasteiger partial charge in [0, 0.05) is 5.92 Å². The van der Waals surface area contributed by atoms with Crippen LogP contribution in [0, 0.1) is 5.92 Å². The van der Waals surface area contributed by atoms with E-state index in [2.05, 4.69) is 6.92 Å². The van der Waals surface area contributed by atoms with Crippen LogP contribution in [0.25, 0.3) is 0 Å². The molecule has 0 aromatic heterocycles.